The molecule has 3 rings (SSSR count). The molecule has 2 aromatic rings. The van der Waals surface area contributed by atoms with Crippen LogP contribution in [0.3, 0.4) is 0 Å². The normalized spacial score (nSPS) is 12.7. The van der Waals surface area contributed by atoms with Gasteiger partial charge in [0.25, 0.3) is 0 Å². The molecule has 0 radical (unpaired) electrons. The summed E-state index contributed by atoms with van der Waals surface area (Å²) in [4.78, 5) is 25.0. The minimum Gasteiger partial charge on any atom is -0.497 e. The first kappa shape index (κ1) is 25.7. The molecule has 0 saturated carbocycles. The van der Waals surface area contributed by atoms with Crippen molar-refractivity contribution in [2.45, 2.75) is 48.1 Å². The number of anilines is 2. The van der Waals surface area contributed by atoms with E-state index in [4.69, 9.17) is 9.47 Å². The molecule has 1 aliphatic heterocycles. The maximum atomic E-state index is 13.1. The van der Waals surface area contributed by atoms with E-state index in [0.717, 1.165) is 5.56 Å². The van der Waals surface area contributed by atoms with Crippen molar-refractivity contribution < 1.29 is 14.3 Å². The molecular weight excluding hydrogens is 392 g/mol. The Kier molecular flexibility index (Phi) is 10.8. The number of urea groups is 1. The number of hydrogen-bond donors (Lipinski definition) is 0. The second-order valence-electron chi connectivity index (χ2n) is 6.20. The minimum atomic E-state index is -0.202. The summed E-state index contributed by atoms with van der Waals surface area (Å²) in [6.45, 7) is 12.1. The standard InChI is InChI=1S/C18H20N4O3.C4H8.C2H6/c1-5-8-21-11-13-10-19-12(2)20-17(13)22(18(21)23)15-7-6-14(24-3)9-16(15)25-4;1-3-4-2;1-2/h5-10H,11H2,1-4H3;3-4H,1-2H3;1-2H3/b8-5-;4-3-;. The molecule has 7 nitrogen and oxygen atoms in total. The lowest BCUT2D eigenvalue weighted by Gasteiger charge is -2.34. The second kappa shape index (κ2) is 13.1. The highest BCUT2D eigenvalue weighted by atomic mass is 16.5. The van der Waals surface area contributed by atoms with E-state index in [1.54, 1.807) is 61.5 Å². The van der Waals surface area contributed by atoms with E-state index in [0.29, 0.717) is 35.4 Å². The van der Waals surface area contributed by atoms with Crippen LogP contribution in [0.5, 0.6) is 11.5 Å². The van der Waals surface area contributed by atoms with Crippen LogP contribution in [0.2, 0.25) is 0 Å². The van der Waals surface area contributed by atoms with Crippen LogP contribution >= 0.6 is 0 Å². The van der Waals surface area contributed by atoms with Crippen molar-refractivity contribution >= 4 is 17.5 Å². The highest BCUT2D eigenvalue weighted by Crippen LogP contribution is 2.40. The van der Waals surface area contributed by atoms with E-state index in [1.165, 1.54) is 0 Å². The number of amides is 2. The Morgan fingerprint density at radius 2 is 1.71 bits per heavy atom. The number of fused-ring (bicyclic) bond motifs is 1. The molecule has 0 spiro atoms. The third-order valence-electron chi connectivity index (χ3n) is 4.24. The van der Waals surface area contributed by atoms with E-state index in [-0.39, 0.29) is 6.03 Å². The number of hydrogen-bond acceptors (Lipinski definition) is 5. The van der Waals surface area contributed by atoms with Crippen molar-refractivity contribution in [1.82, 2.24) is 14.9 Å². The molecule has 0 saturated heterocycles. The SMILES string of the molecule is C/C=C\C.C/C=C\N1Cc2cnc(C)nc2N(c2ccc(OC)cc2OC)C1=O.CC. The Balaban J connectivity index is 0.000000720. The summed E-state index contributed by atoms with van der Waals surface area (Å²) in [7, 11) is 3.14. The number of aromatic nitrogens is 2. The van der Waals surface area contributed by atoms with E-state index in [9.17, 15) is 4.79 Å². The molecule has 2 heterocycles. The molecule has 31 heavy (non-hydrogen) atoms. The number of carbonyl (C=O) groups excluding carboxylic acids is 1. The van der Waals surface area contributed by atoms with E-state index >= 15 is 0 Å². The van der Waals surface area contributed by atoms with Crippen LogP contribution in [0.15, 0.2) is 48.8 Å². The first-order valence-corrected chi connectivity index (χ1v) is 10.4. The Bertz CT molecular complexity index is 906. The largest absolute Gasteiger partial charge is 0.497 e. The van der Waals surface area contributed by atoms with Crippen molar-refractivity contribution in [3.05, 3.63) is 60.2 Å². The fraction of sp³-hybridized carbons (Fsp3) is 0.375. The molecule has 0 N–H and O–H groups in total. The van der Waals surface area contributed by atoms with Crippen LogP contribution in [0.1, 0.15) is 46.0 Å². The zero-order valence-electron chi connectivity index (χ0n) is 19.8. The molecule has 2 amide bonds. The van der Waals surface area contributed by atoms with Gasteiger partial charge in [-0.2, -0.15) is 0 Å². The number of nitrogens with zero attached hydrogens (tertiary/aromatic N) is 4. The molecule has 1 aromatic heterocycles. The van der Waals surface area contributed by atoms with Gasteiger partial charge in [0.05, 0.1) is 26.5 Å². The third-order valence-corrected chi connectivity index (χ3v) is 4.24. The molecule has 1 aliphatic rings. The van der Waals surface area contributed by atoms with Crippen molar-refractivity contribution in [1.29, 1.82) is 0 Å². The summed E-state index contributed by atoms with van der Waals surface area (Å²) in [6, 6.07) is 5.11. The van der Waals surface area contributed by atoms with E-state index in [1.807, 2.05) is 52.8 Å². The Labute approximate surface area is 186 Å². The number of carbonyl (C=O) groups is 1. The van der Waals surface area contributed by atoms with Crippen LogP contribution < -0.4 is 14.4 Å². The van der Waals surface area contributed by atoms with Crippen LogP contribution in [0.4, 0.5) is 16.3 Å². The summed E-state index contributed by atoms with van der Waals surface area (Å²) in [5.41, 5.74) is 1.46. The topological polar surface area (TPSA) is 67.8 Å². The molecule has 7 heteroatoms. The minimum absolute atomic E-state index is 0.202. The van der Waals surface area contributed by atoms with Crippen LogP contribution in [0.25, 0.3) is 0 Å². The number of allylic oxidation sites excluding steroid dienone is 3. The summed E-state index contributed by atoms with van der Waals surface area (Å²) in [6.07, 6.45) is 9.32. The molecule has 0 bridgehead atoms. The molecule has 0 fully saturated rings. The summed E-state index contributed by atoms with van der Waals surface area (Å²) >= 11 is 0. The van der Waals surface area contributed by atoms with Gasteiger partial charge in [-0.3, -0.25) is 4.90 Å². The monoisotopic (exact) mass is 426 g/mol. The lowest BCUT2D eigenvalue weighted by molar-refractivity contribution is 0.219. The zero-order valence-corrected chi connectivity index (χ0v) is 19.8. The first-order chi connectivity index (χ1) is 15.0. The maximum absolute atomic E-state index is 13.1. The maximum Gasteiger partial charge on any atom is 0.334 e. The summed E-state index contributed by atoms with van der Waals surface area (Å²) in [5.74, 6) is 2.34. The molecule has 0 aliphatic carbocycles. The predicted octanol–water partition coefficient (Wildman–Crippen LogP) is 6.02. The van der Waals surface area contributed by atoms with Gasteiger partial charge in [0.15, 0.2) is 0 Å². The smallest absolute Gasteiger partial charge is 0.334 e. The molecule has 1 aromatic carbocycles. The van der Waals surface area contributed by atoms with Gasteiger partial charge >= 0.3 is 6.03 Å². The quantitative estimate of drug-likeness (QED) is 0.559. The average molecular weight is 427 g/mol. The molecule has 0 atom stereocenters. The lowest BCUT2D eigenvalue weighted by atomic mass is 10.1. The van der Waals surface area contributed by atoms with Crippen molar-refractivity contribution in [3.63, 3.8) is 0 Å². The van der Waals surface area contributed by atoms with Gasteiger partial charge in [-0.15, -0.1) is 0 Å². The number of benzene rings is 1. The summed E-state index contributed by atoms with van der Waals surface area (Å²) in [5, 5.41) is 0. The fourth-order valence-electron chi connectivity index (χ4n) is 2.74. The van der Waals surface area contributed by atoms with E-state index in [2.05, 4.69) is 9.97 Å². The number of aryl methyl sites for hydroxylation is 1. The van der Waals surface area contributed by atoms with Gasteiger partial charge in [0.1, 0.15) is 23.1 Å². The van der Waals surface area contributed by atoms with Crippen molar-refractivity contribution in [2.75, 3.05) is 19.1 Å². The third kappa shape index (κ3) is 6.31. The van der Waals surface area contributed by atoms with E-state index < -0.39 is 0 Å². The molecular formula is C24H34N4O3. The highest BCUT2D eigenvalue weighted by Gasteiger charge is 2.33. The number of ether oxygens (including phenoxy) is 2. The van der Waals surface area contributed by atoms with Crippen LogP contribution in [-0.4, -0.2) is 35.1 Å². The highest BCUT2D eigenvalue weighted by molar-refractivity contribution is 6.02. The molecule has 168 valence electrons. The second-order valence-corrected chi connectivity index (χ2v) is 6.20. The first-order valence-electron chi connectivity index (χ1n) is 10.4. The van der Waals surface area contributed by atoms with Crippen LogP contribution in [-0.2, 0) is 6.54 Å². The Morgan fingerprint density at radius 1 is 1.03 bits per heavy atom. The van der Waals surface area contributed by atoms with Gasteiger partial charge in [0, 0.05) is 24.0 Å². The van der Waals surface area contributed by atoms with Gasteiger partial charge in [-0.25, -0.2) is 19.7 Å². The fourth-order valence-corrected chi connectivity index (χ4v) is 2.74. The van der Waals surface area contributed by atoms with Crippen molar-refractivity contribution in [2.24, 2.45) is 0 Å². The van der Waals surface area contributed by atoms with Gasteiger partial charge < -0.3 is 9.47 Å². The average Bonchev–Trinajstić information content (AvgIpc) is 2.81. The number of methoxy groups -OCH3 is 2. The van der Waals surface area contributed by atoms with Crippen molar-refractivity contribution in [3.8, 4) is 11.5 Å². The zero-order chi connectivity index (χ0) is 23.4. The number of rotatable bonds is 4. The van der Waals surface area contributed by atoms with Gasteiger partial charge in [0.2, 0.25) is 0 Å². The van der Waals surface area contributed by atoms with Gasteiger partial charge in [-0.1, -0.05) is 32.1 Å². The van der Waals surface area contributed by atoms with Crippen LogP contribution in [0, 0.1) is 6.92 Å². The predicted molar refractivity (Wildman–Crippen MR) is 126 cm³/mol. The Morgan fingerprint density at radius 3 is 2.26 bits per heavy atom. The Hall–Kier alpha value is -3.35. The summed E-state index contributed by atoms with van der Waals surface area (Å²) < 4.78 is 10.7. The molecule has 0 unspecified atom stereocenters. The van der Waals surface area contributed by atoms with Gasteiger partial charge in [-0.05, 0) is 39.8 Å². The lowest BCUT2D eigenvalue weighted by Crippen LogP contribution is -2.42.